The maximum Gasteiger partial charge on any atom is 0.0595 e. The molecule has 0 radical (unpaired) electrons. The van der Waals surface area contributed by atoms with Gasteiger partial charge in [0.1, 0.15) is 0 Å². The maximum atomic E-state index is 6.08. The van der Waals surface area contributed by atoms with Crippen molar-refractivity contribution in [1.82, 2.24) is 0 Å². The number of rotatable bonds is 4. The summed E-state index contributed by atoms with van der Waals surface area (Å²) in [5.41, 5.74) is 2.26. The lowest BCUT2D eigenvalue weighted by Gasteiger charge is -2.19. The van der Waals surface area contributed by atoms with Gasteiger partial charge >= 0.3 is 0 Å². The fraction of sp³-hybridized carbons (Fsp3) is 0.200. The van der Waals surface area contributed by atoms with Gasteiger partial charge in [0.15, 0.2) is 0 Å². The van der Waals surface area contributed by atoms with Crippen LogP contribution in [0.25, 0.3) is 0 Å². The molecule has 2 aromatic carbocycles. The molecule has 2 rings (SSSR count). The highest BCUT2D eigenvalue weighted by atomic mass is 127. The third kappa shape index (κ3) is 4.01. The molecule has 19 heavy (non-hydrogen) atoms. The van der Waals surface area contributed by atoms with Gasteiger partial charge in [0.25, 0.3) is 0 Å². The summed E-state index contributed by atoms with van der Waals surface area (Å²) in [4.78, 5) is 0. The second-order valence-corrected chi connectivity index (χ2v) is 6.35. The van der Waals surface area contributed by atoms with E-state index in [2.05, 4.69) is 53.0 Å². The minimum atomic E-state index is 0.230. The van der Waals surface area contributed by atoms with E-state index in [1.54, 1.807) is 0 Å². The number of hydrogen-bond donors (Lipinski definition) is 1. The van der Waals surface area contributed by atoms with Crippen LogP contribution in [0, 0.1) is 3.57 Å². The summed E-state index contributed by atoms with van der Waals surface area (Å²) >= 11 is 14.3. The molecule has 0 aliphatic rings. The minimum Gasteiger partial charge on any atom is -0.378 e. The van der Waals surface area contributed by atoms with Crippen LogP contribution in [0.3, 0.4) is 0 Å². The van der Waals surface area contributed by atoms with Crippen molar-refractivity contribution >= 4 is 51.5 Å². The number of anilines is 1. The Hall–Kier alpha value is -0.450. The Morgan fingerprint density at radius 3 is 2.53 bits per heavy atom. The highest BCUT2D eigenvalue weighted by Crippen LogP contribution is 2.29. The van der Waals surface area contributed by atoms with E-state index in [-0.39, 0.29) is 6.04 Å². The first kappa shape index (κ1) is 14.9. The van der Waals surface area contributed by atoms with E-state index in [0.29, 0.717) is 10.0 Å². The summed E-state index contributed by atoms with van der Waals surface area (Å²) in [6, 6.07) is 14.3. The molecule has 0 fully saturated rings. The Morgan fingerprint density at radius 2 is 1.89 bits per heavy atom. The first-order valence-electron chi connectivity index (χ1n) is 6.07. The van der Waals surface area contributed by atoms with Crippen LogP contribution in [0.2, 0.25) is 10.0 Å². The largest absolute Gasteiger partial charge is 0.378 e. The van der Waals surface area contributed by atoms with Crippen LogP contribution < -0.4 is 5.32 Å². The van der Waals surface area contributed by atoms with Crippen molar-refractivity contribution in [2.45, 2.75) is 19.4 Å². The van der Waals surface area contributed by atoms with Gasteiger partial charge in [0, 0.05) is 9.26 Å². The van der Waals surface area contributed by atoms with Crippen molar-refractivity contribution in [3.05, 3.63) is 61.6 Å². The smallest absolute Gasteiger partial charge is 0.0595 e. The summed E-state index contributed by atoms with van der Waals surface area (Å²) in [6.07, 6.45) is 0.976. The van der Waals surface area contributed by atoms with E-state index < -0.39 is 0 Å². The second-order valence-electron chi connectivity index (χ2n) is 4.29. The van der Waals surface area contributed by atoms with Gasteiger partial charge in [-0.15, -0.1) is 0 Å². The average Bonchev–Trinajstić information content (AvgIpc) is 2.39. The lowest BCUT2D eigenvalue weighted by Crippen LogP contribution is -2.09. The first-order chi connectivity index (χ1) is 9.10. The molecular weight excluding hydrogens is 392 g/mol. The molecule has 1 N–H and O–H groups in total. The van der Waals surface area contributed by atoms with Gasteiger partial charge in [-0.25, -0.2) is 0 Å². The highest BCUT2D eigenvalue weighted by Gasteiger charge is 2.11. The van der Waals surface area contributed by atoms with E-state index in [4.69, 9.17) is 23.2 Å². The van der Waals surface area contributed by atoms with Gasteiger partial charge < -0.3 is 5.32 Å². The topological polar surface area (TPSA) is 12.0 Å². The molecule has 1 unspecified atom stereocenters. The molecule has 0 saturated heterocycles. The minimum absolute atomic E-state index is 0.230. The summed E-state index contributed by atoms with van der Waals surface area (Å²) in [5.74, 6) is 0. The van der Waals surface area contributed by atoms with Crippen LogP contribution in [0.15, 0.2) is 42.5 Å². The Morgan fingerprint density at radius 1 is 1.11 bits per heavy atom. The van der Waals surface area contributed by atoms with Gasteiger partial charge in [0.2, 0.25) is 0 Å². The molecule has 1 atom stereocenters. The maximum absolute atomic E-state index is 6.08. The number of hydrogen-bond acceptors (Lipinski definition) is 1. The lowest BCUT2D eigenvalue weighted by molar-refractivity contribution is 0.749. The predicted molar refractivity (Wildman–Crippen MR) is 92.3 cm³/mol. The lowest BCUT2D eigenvalue weighted by atomic mass is 10.0. The summed E-state index contributed by atoms with van der Waals surface area (Å²) < 4.78 is 1.21. The molecule has 0 amide bonds. The van der Waals surface area contributed by atoms with Gasteiger partial charge in [-0.1, -0.05) is 42.3 Å². The Kier molecular flexibility index (Phi) is 5.37. The first-order valence-corrected chi connectivity index (χ1v) is 7.90. The molecule has 1 nitrogen and oxygen atoms in total. The zero-order valence-corrected chi connectivity index (χ0v) is 14.1. The van der Waals surface area contributed by atoms with Crippen LogP contribution >= 0.6 is 45.8 Å². The van der Waals surface area contributed by atoms with E-state index in [9.17, 15) is 0 Å². The summed E-state index contributed by atoms with van der Waals surface area (Å²) in [7, 11) is 0. The normalized spacial score (nSPS) is 12.2. The van der Waals surface area contributed by atoms with Crippen molar-refractivity contribution in [3.8, 4) is 0 Å². The fourth-order valence-corrected chi connectivity index (χ4v) is 2.78. The molecule has 0 aromatic heterocycles. The van der Waals surface area contributed by atoms with Gasteiger partial charge in [0.05, 0.1) is 16.1 Å². The molecule has 0 saturated carbocycles. The van der Waals surface area contributed by atoms with Crippen molar-refractivity contribution in [2.24, 2.45) is 0 Å². The van der Waals surface area contributed by atoms with E-state index >= 15 is 0 Å². The van der Waals surface area contributed by atoms with Crippen LogP contribution in [-0.2, 0) is 0 Å². The number of halogens is 3. The van der Waals surface area contributed by atoms with E-state index in [1.807, 2.05) is 24.3 Å². The quantitative estimate of drug-likeness (QED) is 0.600. The molecule has 4 heteroatoms. The van der Waals surface area contributed by atoms with Crippen LogP contribution in [0.4, 0.5) is 5.69 Å². The van der Waals surface area contributed by atoms with Crippen molar-refractivity contribution in [2.75, 3.05) is 5.32 Å². The summed E-state index contributed by atoms with van der Waals surface area (Å²) in [6.45, 7) is 2.15. The molecule has 0 aliphatic heterocycles. The average molecular weight is 406 g/mol. The molecule has 0 bridgehead atoms. The molecule has 0 spiro atoms. The zero-order chi connectivity index (χ0) is 13.8. The second kappa shape index (κ2) is 6.82. The van der Waals surface area contributed by atoms with Crippen LogP contribution in [0.1, 0.15) is 24.9 Å². The molecular formula is C15H14Cl2IN. The van der Waals surface area contributed by atoms with Crippen LogP contribution in [-0.4, -0.2) is 0 Å². The number of benzene rings is 2. The Balaban J connectivity index is 2.22. The van der Waals surface area contributed by atoms with Gasteiger partial charge in [-0.3, -0.25) is 0 Å². The van der Waals surface area contributed by atoms with Crippen LogP contribution in [0.5, 0.6) is 0 Å². The van der Waals surface area contributed by atoms with Crippen molar-refractivity contribution in [3.63, 3.8) is 0 Å². The third-order valence-electron chi connectivity index (χ3n) is 2.92. The standard InChI is InChI=1S/C15H14Cl2IN/c1-2-15(10-6-7-13(16)14(17)8-10)19-12-5-3-4-11(18)9-12/h3-9,15,19H,2H2,1H3. The third-order valence-corrected chi connectivity index (χ3v) is 4.33. The number of nitrogens with one attached hydrogen (secondary N) is 1. The molecule has 100 valence electrons. The van der Waals surface area contributed by atoms with Gasteiger partial charge in [-0.2, -0.15) is 0 Å². The van der Waals surface area contributed by atoms with Gasteiger partial charge in [-0.05, 0) is 64.9 Å². The molecule has 2 aromatic rings. The van der Waals surface area contributed by atoms with Crippen molar-refractivity contribution < 1.29 is 0 Å². The Labute approximate surface area is 137 Å². The Bertz CT molecular complexity index is 572. The zero-order valence-electron chi connectivity index (χ0n) is 10.5. The molecule has 0 heterocycles. The van der Waals surface area contributed by atoms with E-state index in [0.717, 1.165) is 17.7 Å². The summed E-state index contributed by atoms with van der Waals surface area (Å²) in [5, 5.41) is 4.72. The SMILES string of the molecule is CCC(Nc1cccc(I)c1)c1ccc(Cl)c(Cl)c1. The molecule has 0 aliphatic carbocycles. The van der Waals surface area contributed by atoms with Crippen molar-refractivity contribution in [1.29, 1.82) is 0 Å². The predicted octanol–water partition coefficient (Wildman–Crippen LogP) is 6.16. The van der Waals surface area contributed by atoms with E-state index in [1.165, 1.54) is 3.57 Å². The highest BCUT2D eigenvalue weighted by molar-refractivity contribution is 14.1. The fourth-order valence-electron chi connectivity index (χ4n) is 1.93. The monoisotopic (exact) mass is 405 g/mol.